The van der Waals surface area contributed by atoms with Crippen LogP contribution in [0.5, 0.6) is 0 Å². The van der Waals surface area contributed by atoms with Gasteiger partial charge in [0, 0.05) is 42.0 Å². The van der Waals surface area contributed by atoms with Gasteiger partial charge in [0.2, 0.25) is 5.91 Å². The van der Waals surface area contributed by atoms with Crippen molar-refractivity contribution in [1.29, 1.82) is 0 Å². The number of fused-ring (bicyclic) bond motifs is 2. The first kappa shape index (κ1) is 19.0. The molecule has 0 unspecified atom stereocenters. The molecule has 0 bridgehead atoms. The molecule has 0 atom stereocenters. The van der Waals surface area contributed by atoms with Gasteiger partial charge in [-0.15, -0.1) is 11.3 Å². The minimum atomic E-state index is -0.139. The number of para-hydroxylation sites is 1. The highest BCUT2D eigenvalue weighted by molar-refractivity contribution is 7.16. The number of benzene rings is 1. The standard InChI is InChI=1S/C22H20N4O2S2/c1-25-12-14(15-5-2-3-6-17(15)25)11-20(27)26-9-8-16-19(13-26)30-22(23-16)24-21(28)18-7-4-10-29-18/h2-7,10,12H,8-9,11,13H2,1H3,(H,23,24,28). The second-order valence-corrected chi connectivity index (χ2v) is 9.38. The first-order valence-electron chi connectivity index (χ1n) is 9.72. The van der Waals surface area contributed by atoms with E-state index in [1.54, 1.807) is 6.07 Å². The Kier molecular flexibility index (Phi) is 4.88. The van der Waals surface area contributed by atoms with Crippen LogP contribution in [-0.2, 0) is 31.2 Å². The number of aryl methyl sites for hydroxylation is 1. The average Bonchev–Trinajstić information content (AvgIpc) is 3.47. The molecular weight excluding hydrogens is 416 g/mol. The smallest absolute Gasteiger partial charge is 0.267 e. The van der Waals surface area contributed by atoms with Gasteiger partial charge in [-0.1, -0.05) is 35.6 Å². The van der Waals surface area contributed by atoms with Crippen LogP contribution in [0.2, 0.25) is 0 Å². The van der Waals surface area contributed by atoms with Crippen LogP contribution in [0.4, 0.5) is 5.13 Å². The van der Waals surface area contributed by atoms with E-state index in [0.717, 1.165) is 27.0 Å². The summed E-state index contributed by atoms with van der Waals surface area (Å²) in [5.74, 6) is -0.0189. The van der Waals surface area contributed by atoms with E-state index >= 15 is 0 Å². The molecular formula is C22H20N4O2S2. The lowest BCUT2D eigenvalue weighted by Crippen LogP contribution is -2.36. The molecule has 3 aromatic heterocycles. The average molecular weight is 437 g/mol. The van der Waals surface area contributed by atoms with E-state index in [4.69, 9.17) is 0 Å². The summed E-state index contributed by atoms with van der Waals surface area (Å²) >= 11 is 2.86. The lowest BCUT2D eigenvalue weighted by atomic mass is 10.1. The predicted molar refractivity (Wildman–Crippen MR) is 120 cm³/mol. The zero-order chi connectivity index (χ0) is 20.7. The summed E-state index contributed by atoms with van der Waals surface area (Å²) in [6, 6.07) is 11.8. The lowest BCUT2D eigenvalue weighted by Gasteiger charge is -2.26. The molecule has 1 N–H and O–H groups in total. The molecule has 0 saturated heterocycles. The van der Waals surface area contributed by atoms with Crippen LogP contribution in [0.1, 0.15) is 25.8 Å². The Labute approximate surface area is 181 Å². The number of amides is 2. The van der Waals surface area contributed by atoms with Gasteiger partial charge >= 0.3 is 0 Å². The van der Waals surface area contributed by atoms with Crippen molar-refractivity contribution in [3.8, 4) is 0 Å². The van der Waals surface area contributed by atoms with Gasteiger partial charge < -0.3 is 9.47 Å². The van der Waals surface area contributed by atoms with Gasteiger partial charge in [0.25, 0.3) is 5.91 Å². The molecule has 152 valence electrons. The van der Waals surface area contributed by atoms with Gasteiger partial charge in [0.15, 0.2) is 5.13 Å². The van der Waals surface area contributed by atoms with Crippen molar-refractivity contribution in [2.45, 2.75) is 19.4 Å². The van der Waals surface area contributed by atoms with Crippen LogP contribution in [-0.4, -0.2) is 32.8 Å². The number of anilines is 1. The molecule has 1 aromatic carbocycles. The minimum absolute atomic E-state index is 0.120. The Morgan fingerprint density at radius 2 is 2.07 bits per heavy atom. The van der Waals surface area contributed by atoms with Gasteiger partial charge in [-0.05, 0) is 23.1 Å². The predicted octanol–water partition coefficient (Wildman–Crippen LogP) is 4.08. The van der Waals surface area contributed by atoms with Crippen LogP contribution in [0.3, 0.4) is 0 Å². The van der Waals surface area contributed by atoms with E-state index in [2.05, 4.69) is 27.0 Å². The number of nitrogens with zero attached hydrogens (tertiary/aromatic N) is 3. The zero-order valence-electron chi connectivity index (χ0n) is 16.4. The third-order valence-electron chi connectivity index (χ3n) is 5.37. The van der Waals surface area contributed by atoms with Crippen molar-refractivity contribution in [3.05, 3.63) is 69.0 Å². The van der Waals surface area contributed by atoms with Crippen LogP contribution < -0.4 is 5.32 Å². The summed E-state index contributed by atoms with van der Waals surface area (Å²) in [7, 11) is 2.01. The summed E-state index contributed by atoms with van der Waals surface area (Å²) in [6.07, 6.45) is 3.14. The number of carbonyl (C=O) groups is 2. The van der Waals surface area contributed by atoms with Crippen LogP contribution >= 0.6 is 22.7 Å². The summed E-state index contributed by atoms with van der Waals surface area (Å²) < 4.78 is 2.07. The van der Waals surface area contributed by atoms with E-state index in [0.29, 0.717) is 35.9 Å². The molecule has 8 heteroatoms. The molecule has 1 aliphatic rings. The zero-order valence-corrected chi connectivity index (χ0v) is 18.1. The Morgan fingerprint density at radius 1 is 1.20 bits per heavy atom. The molecule has 0 radical (unpaired) electrons. The largest absolute Gasteiger partial charge is 0.350 e. The monoisotopic (exact) mass is 436 g/mol. The topological polar surface area (TPSA) is 67.2 Å². The van der Waals surface area contributed by atoms with Gasteiger partial charge in [-0.2, -0.15) is 0 Å². The first-order chi connectivity index (χ1) is 14.6. The Bertz CT molecular complexity index is 1240. The van der Waals surface area contributed by atoms with E-state index in [9.17, 15) is 9.59 Å². The molecule has 0 spiro atoms. The van der Waals surface area contributed by atoms with E-state index in [-0.39, 0.29) is 11.8 Å². The number of nitrogens with one attached hydrogen (secondary N) is 1. The number of aromatic nitrogens is 2. The van der Waals surface area contributed by atoms with Crippen molar-refractivity contribution in [2.75, 3.05) is 11.9 Å². The molecule has 1 aliphatic heterocycles. The lowest BCUT2D eigenvalue weighted by molar-refractivity contribution is -0.131. The minimum Gasteiger partial charge on any atom is -0.350 e. The fourth-order valence-electron chi connectivity index (χ4n) is 3.87. The van der Waals surface area contributed by atoms with Crippen molar-refractivity contribution >= 4 is 50.5 Å². The number of rotatable bonds is 4. The van der Waals surface area contributed by atoms with Gasteiger partial charge in [0.1, 0.15) is 0 Å². The quantitative estimate of drug-likeness (QED) is 0.524. The molecule has 0 saturated carbocycles. The van der Waals surface area contributed by atoms with Crippen molar-refractivity contribution < 1.29 is 9.59 Å². The third kappa shape index (κ3) is 3.53. The summed E-state index contributed by atoms with van der Waals surface area (Å²) in [5, 5.41) is 6.48. The fourth-order valence-corrected chi connectivity index (χ4v) is 5.51. The number of hydrogen-bond donors (Lipinski definition) is 1. The van der Waals surface area contributed by atoms with Crippen molar-refractivity contribution in [2.24, 2.45) is 7.05 Å². The highest BCUT2D eigenvalue weighted by atomic mass is 32.1. The molecule has 5 rings (SSSR count). The second-order valence-electron chi connectivity index (χ2n) is 7.34. The Hall–Kier alpha value is -2.97. The van der Waals surface area contributed by atoms with Crippen LogP contribution in [0.25, 0.3) is 10.9 Å². The highest BCUT2D eigenvalue weighted by Gasteiger charge is 2.25. The maximum atomic E-state index is 13.0. The fraction of sp³-hybridized carbons (Fsp3) is 0.227. The summed E-state index contributed by atoms with van der Waals surface area (Å²) in [5.41, 5.74) is 3.17. The van der Waals surface area contributed by atoms with Crippen LogP contribution in [0.15, 0.2) is 48.0 Å². The maximum Gasteiger partial charge on any atom is 0.267 e. The van der Waals surface area contributed by atoms with Crippen LogP contribution in [0, 0.1) is 0 Å². The SMILES string of the molecule is Cn1cc(CC(=O)N2CCc3nc(NC(=O)c4cccs4)sc3C2)c2ccccc21. The number of hydrogen-bond acceptors (Lipinski definition) is 5. The maximum absolute atomic E-state index is 13.0. The molecule has 0 aliphatic carbocycles. The number of thiophene rings is 1. The normalized spacial score (nSPS) is 13.4. The molecule has 0 fully saturated rings. The third-order valence-corrected chi connectivity index (χ3v) is 7.24. The van der Waals surface area contributed by atoms with Gasteiger partial charge in [-0.3, -0.25) is 14.9 Å². The number of thiazole rings is 1. The molecule has 30 heavy (non-hydrogen) atoms. The Morgan fingerprint density at radius 3 is 2.90 bits per heavy atom. The van der Waals surface area contributed by atoms with Gasteiger partial charge in [-0.25, -0.2) is 4.98 Å². The molecule has 6 nitrogen and oxygen atoms in total. The Balaban J connectivity index is 1.29. The number of carbonyl (C=O) groups excluding carboxylic acids is 2. The van der Waals surface area contributed by atoms with E-state index in [1.807, 2.05) is 41.7 Å². The van der Waals surface area contributed by atoms with Crippen molar-refractivity contribution in [1.82, 2.24) is 14.5 Å². The highest BCUT2D eigenvalue weighted by Crippen LogP contribution is 2.30. The molecule has 4 aromatic rings. The summed E-state index contributed by atoms with van der Waals surface area (Å²) in [4.78, 5) is 33.5. The van der Waals surface area contributed by atoms with E-state index in [1.165, 1.54) is 22.7 Å². The van der Waals surface area contributed by atoms with Crippen molar-refractivity contribution in [3.63, 3.8) is 0 Å². The molecule has 2 amide bonds. The van der Waals surface area contributed by atoms with Gasteiger partial charge in [0.05, 0.1) is 23.5 Å². The second kappa shape index (κ2) is 7.70. The first-order valence-corrected chi connectivity index (χ1v) is 11.4. The molecule has 4 heterocycles. The summed E-state index contributed by atoms with van der Waals surface area (Å²) in [6.45, 7) is 1.20. The van der Waals surface area contributed by atoms with E-state index < -0.39 is 0 Å².